The van der Waals surface area contributed by atoms with Crippen LogP contribution in [0.4, 0.5) is 17.1 Å². The summed E-state index contributed by atoms with van der Waals surface area (Å²) in [7, 11) is 1.41. The summed E-state index contributed by atoms with van der Waals surface area (Å²) in [6.07, 6.45) is 3.04. The number of nitrogens with one attached hydrogen (secondary N) is 1. The van der Waals surface area contributed by atoms with Crippen LogP contribution >= 0.6 is 0 Å². The van der Waals surface area contributed by atoms with E-state index in [2.05, 4.69) is 10.1 Å². The number of carbonyl (C=O) groups is 1. The number of anilines is 3. The molecule has 0 aromatic heterocycles. The summed E-state index contributed by atoms with van der Waals surface area (Å²) in [5, 5.41) is 3.29. The Kier molecular flexibility index (Phi) is 6.95. The summed E-state index contributed by atoms with van der Waals surface area (Å²) in [5.74, 6) is 0.503. The summed E-state index contributed by atoms with van der Waals surface area (Å²) in [6.45, 7) is 0.570. The lowest BCUT2D eigenvalue weighted by Crippen LogP contribution is -2.04. The van der Waals surface area contributed by atoms with Gasteiger partial charge in [-0.15, -0.1) is 0 Å². The second-order valence-electron chi connectivity index (χ2n) is 5.44. The van der Waals surface area contributed by atoms with Crippen molar-refractivity contribution in [2.45, 2.75) is 25.7 Å². The average Bonchev–Trinajstić information content (AvgIpc) is 2.61. The van der Waals surface area contributed by atoms with Crippen molar-refractivity contribution in [3.05, 3.63) is 48.5 Å². The van der Waals surface area contributed by atoms with Gasteiger partial charge in [0.2, 0.25) is 0 Å². The molecule has 0 atom stereocenters. The molecule has 0 spiro atoms. The van der Waals surface area contributed by atoms with E-state index < -0.39 is 0 Å². The van der Waals surface area contributed by atoms with Gasteiger partial charge in [-0.3, -0.25) is 4.79 Å². The van der Waals surface area contributed by atoms with Crippen LogP contribution < -0.4 is 15.8 Å². The van der Waals surface area contributed by atoms with Gasteiger partial charge in [-0.2, -0.15) is 0 Å². The Morgan fingerprint density at radius 1 is 1.04 bits per heavy atom. The fourth-order valence-corrected chi connectivity index (χ4v) is 2.29. The first kappa shape index (κ1) is 17.7. The highest BCUT2D eigenvalue weighted by Crippen LogP contribution is 2.31. The molecule has 0 saturated heterocycles. The highest BCUT2D eigenvalue weighted by molar-refractivity contribution is 5.77. The Morgan fingerprint density at radius 2 is 1.83 bits per heavy atom. The molecule has 0 aliphatic carbocycles. The molecule has 3 N–H and O–H groups in total. The van der Waals surface area contributed by atoms with Crippen LogP contribution in [0.25, 0.3) is 0 Å². The molecule has 2 rings (SSSR count). The van der Waals surface area contributed by atoms with E-state index in [1.165, 1.54) is 7.11 Å². The van der Waals surface area contributed by atoms with Gasteiger partial charge in [0.25, 0.3) is 0 Å². The van der Waals surface area contributed by atoms with Crippen LogP contribution in [-0.4, -0.2) is 19.7 Å². The van der Waals surface area contributed by atoms with Crippen molar-refractivity contribution in [2.24, 2.45) is 0 Å². The van der Waals surface area contributed by atoms with Crippen LogP contribution in [0, 0.1) is 0 Å². The molecule has 5 heteroatoms. The third-order valence-corrected chi connectivity index (χ3v) is 3.63. The number of nitrogens with two attached hydrogens (primary N) is 1. The van der Waals surface area contributed by atoms with Crippen LogP contribution in [0.2, 0.25) is 0 Å². The molecule has 2 aromatic rings. The predicted octanol–water partition coefficient (Wildman–Crippen LogP) is 4.12. The third-order valence-electron chi connectivity index (χ3n) is 3.63. The number of hydrogen-bond donors (Lipinski definition) is 2. The van der Waals surface area contributed by atoms with Gasteiger partial charge in [0.1, 0.15) is 5.75 Å². The van der Waals surface area contributed by atoms with Crippen LogP contribution in [0.15, 0.2) is 48.5 Å². The molecule has 2 aromatic carbocycles. The first-order valence-electron chi connectivity index (χ1n) is 8.11. The van der Waals surface area contributed by atoms with E-state index in [0.29, 0.717) is 24.5 Å². The number of methoxy groups -OCH3 is 1. The summed E-state index contributed by atoms with van der Waals surface area (Å²) >= 11 is 0. The molecule has 0 bridgehead atoms. The smallest absolute Gasteiger partial charge is 0.305 e. The molecule has 0 radical (unpaired) electrons. The second kappa shape index (κ2) is 9.45. The third kappa shape index (κ3) is 5.50. The number of unbranched alkanes of at least 4 members (excludes halogenated alkanes) is 2. The van der Waals surface area contributed by atoms with Crippen LogP contribution in [0.3, 0.4) is 0 Å². The van der Waals surface area contributed by atoms with Gasteiger partial charge in [-0.1, -0.05) is 24.3 Å². The van der Waals surface area contributed by atoms with Crippen molar-refractivity contribution < 1.29 is 14.3 Å². The summed E-state index contributed by atoms with van der Waals surface area (Å²) in [6, 6.07) is 15.6. The van der Waals surface area contributed by atoms with E-state index in [-0.39, 0.29) is 5.97 Å². The van der Waals surface area contributed by atoms with Crippen molar-refractivity contribution in [1.82, 2.24) is 0 Å². The molecule has 128 valence electrons. The molecule has 0 amide bonds. The molecule has 0 heterocycles. The Balaban J connectivity index is 1.81. The lowest BCUT2D eigenvalue weighted by Gasteiger charge is -2.14. The van der Waals surface area contributed by atoms with Crippen LogP contribution in [0.5, 0.6) is 5.75 Å². The first-order valence-corrected chi connectivity index (χ1v) is 8.11. The zero-order chi connectivity index (χ0) is 17.2. The number of benzene rings is 2. The fraction of sp³-hybridized carbons (Fsp3) is 0.316. The number of para-hydroxylation sites is 2. The van der Waals surface area contributed by atoms with Crippen molar-refractivity contribution in [3.63, 3.8) is 0 Å². The maximum Gasteiger partial charge on any atom is 0.305 e. The normalized spacial score (nSPS) is 10.2. The maximum absolute atomic E-state index is 11.0. The molecule has 0 saturated carbocycles. The fourth-order valence-electron chi connectivity index (χ4n) is 2.29. The Bertz CT molecular complexity index is 644. The Hall–Kier alpha value is -2.69. The Morgan fingerprint density at radius 3 is 2.58 bits per heavy atom. The number of ether oxygens (including phenoxy) is 2. The lowest BCUT2D eigenvalue weighted by molar-refractivity contribution is -0.140. The van der Waals surface area contributed by atoms with E-state index >= 15 is 0 Å². The van der Waals surface area contributed by atoms with Gasteiger partial charge in [0, 0.05) is 12.1 Å². The largest absolute Gasteiger partial charge is 0.491 e. The monoisotopic (exact) mass is 328 g/mol. The molecular formula is C19H24N2O3. The highest BCUT2D eigenvalue weighted by atomic mass is 16.5. The van der Waals surface area contributed by atoms with Gasteiger partial charge in [0.05, 0.1) is 25.1 Å². The molecule has 5 nitrogen and oxygen atoms in total. The van der Waals surface area contributed by atoms with Gasteiger partial charge < -0.3 is 20.5 Å². The van der Waals surface area contributed by atoms with Gasteiger partial charge >= 0.3 is 5.97 Å². The molecular weight excluding hydrogens is 304 g/mol. The standard InChI is InChI=1S/C19H24N2O3/c1-23-18(22)13-6-3-7-14-24-17-12-8-11-16(19(17)20)21-15-9-4-2-5-10-15/h2,4-5,8-12,21H,3,6-7,13-14,20H2,1H3. The zero-order valence-electron chi connectivity index (χ0n) is 14.0. The van der Waals surface area contributed by atoms with Gasteiger partial charge in [0.15, 0.2) is 0 Å². The topological polar surface area (TPSA) is 73.6 Å². The Labute approximate surface area is 142 Å². The highest BCUT2D eigenvalue weighted by Gasteiger charge is 2.06. The quantitative estimate of drug-likeness (QED) is 0.411. The average molecular weight is 328 g/mol. The number of esters is 1. The number of hydrogen-bond acceptors (Lipinski definition) is 5. The van der Waals surface area contributed by atoms with Crippen molar-refractivity contribution in [1.29, 1.82) is 0 Å². The summed E-state index contributed by atoms with van der Waals surface area (Å²) in [4.78, 5) is 11.0. The number of nitrogen functional groups attached to an aromatic ring is 1. The van der Waals surface area contributed by atoms with Crippen molar-refractivity contribution >= 4 is 23.0 Å². The van der Waals surface area contributed by atoms with Crippen molar-refractivity contribution in [3.8, 4) is 5.75 Å². The maximum atomic E-state index is 11.0. The SMILES string of the molecule is COC(=O)CCCCCOc1cccc(Nc2ccccc2)c1N. The summed E-state index contributed by atoms with van der Waals surface area (Å²) < 4.78 is 10.4. The van der Waals surface area contributed by atoms with Gasteiger partial charge in [-0.25, -0.2) is 0 Å². The molecule has 24 heavy (non-hydrogen) atoms. The molecule has 0 fully saturated rings. The lowest BCUT2D eigenvalue weighted by atomic mass is 10.2. The second-order valence-corrected chi connectivity index (χ2v) is 5.44. The van der Waals surface area contributed by atoms with E-state index in [1.54, 1.807) is 0 Å². The number of carbonyl (C=O) groups excluding carboxylic acids is 1. The van der Waals surface area contributed by atoms with E-state index in [9.17, 15) is 4.79 Å². The minimum Gasteiger partial charge on any atom is -0.491 e. The van der Waals surface area contributed by atoms with Crippen LogP contribution in [0.1, 0.15) is 25.7 Å². The van der Waals surface area contributed by atoms with Crippen LogP contribution in [-0.2, 0) is 9.53 Å². The summed E-state index contributed by atoms with van der Waals surface area (Å²) in [5.41, 5.74) is 8.57. The van der Waals surface area contributed by atoms with E-state index in [4.69, 9.17) is 10.5 Å². The minimum absolute atomic E-state index is 0.167. The zero-order valence-corrected chi connectivity index (χ0v) is 14.0. The minimum atomic E-state index is -0.167. The first-order chi connectivity index (χ1) is 11.7. The van der Waals surface area contributed by atoms with E-state index in [1.807, 2.05) is 48.5 Å². The van der Waals surface area contributed by atoms with Crippen molar-refractivity contribution in [2.75, 3.05) is 24.8 Å². The molecule has 0 aliphatic heterocycles. The number of rotatable bonds is 9. The van der Waals surface area contributed by atoms with E-state index in [0.717, 1.165) is 30.6 Å². The van der Waals surface area contributed by atoms with Gasteiger partial charge in [-0.05, 0) is 43.5 Å². The molecule has 0 unspecified atom stereocenters. The predicted molar refractivity (Wildman–Crippen MR) is 96.6 cm³/mol. The molecule has 0 aliphatic rings.